The van der Waals surface area contributed by atoms with Crippen molar-refractivity contribution in [2.75, 3.05) is 46.9 Å². The first kappa shape index (κ1) is 22.0. The molecule has 1 aromatic rings. The summed E-state index contributed by atoms with van der Waals surface area (Å²) in [5.74, 6) is 1.43. The van der Waals surface area contributed by atoms with Crippen LogP contribution in [0.3, 0.4) is 0 Å². The molecule has 1 aliphatic heterocycles. The third kappa shape index (κ3) is 5.60. The molecule has 7 heteroatoms. The molecule has 154 valence electrons. The van der Waals surface area contributed by atoms with E-state index in [1.165, 1.54) is 5.56 Å². The number of nitrogens with zero attached hydrogens (tertiary/aromatic N) is 3. The highest BCUT2D eigenvalue weighted by molar-refractivity contribution is 5.79. The van der Waals surface area contributed by atoms with Gasteiger partial charge in [-0.3, -0.25) is 14.6 Å². The van der Waals surface area contributed by atoms with E-state index in [0.29, 0.717) is 6.54 Å². The van der Waals surface area contributed by atoms with Crippen LogP contribution in [0.2, 0.25) is 0 Å². The van der Waals surface area contributed by atoms with Crippen LogP contribution in [-0.4, -0.2) is 68.2 Å². The van der Waals surface area contributed by atoms with Crippen molar-refractivity contribution in [3.63, 3.8) is 0 Å². The number of rotatable bonds is 8. The number of nitrogens with one attached hydrogen (secondary N) is 1. The van der Waals surface area contributed by atoms with Gasteiger partial charge >= 0.3 is 0 Å². The maximum absolute atomic E-state index is 12.4. The standard InChI is InChI=1S/C21H32N4O3/c1-16(2)21(3,15-22)23-20(26)14-25-10-8-24(9-11-25)13-17-6-7-18(27-4)19(12-17)28-5/h6-7,12,16H,8-11,13-14H2,1-5H3,(H,23,26)/t21-/m0/s1. The summed E-state index contributed by atoms with van der Waals surface area (Å²) in [6, 6.07) is 8.20. The maximum Gasteiger partial charge on any atom is 0.235 e. The third-order valence-electron chi connectivity index (χ3n) is 5.47. The average Bonchev–Trinajstić information content (AvgIpc) is 2.69. The highest BCUT2D eigenvalue weighted by Crippen LogP contribution is 2.28. The largest absolute Gasteiger partial charge is 0.493 e. The van der Waals surface area contributed by atoms with Crippen LogP contribution < -0.4 is 14.8 Å². The van der Waals surface area contributed by atoms with Crippen molar-refractivity contribution in [3.8, 4) is 17.6 Å². The molecule has 0 unspecified atom stereocenters. The smallest absolute Gasteiger partial charge is 0.235 e. The van der Waals surface area contributed by atoms with Gasteiger partial charge in [0.05, 0.1) is 26.8 Å². The Morgan fingerprint density at radius 3 is 2.32 bits per heavy atom. The monoisotopic (exact) mass is 388 g/mol. The minimum absolute atomic E-state index is 0.0554. The number of carbonyl (C=O) groups excluding carboxylic acids is 1. The zero-order chi connectivity index (χ0) is 20.7. The zero-order valence-corrected chi connectivity index (χ0v) is 17.6. The number of hydrogen-bond donors (Lipinski definition) is 1. The molecule has 0 spiro atoms. The van der Waals surface area contributed by atoms with E-state index in [2.05, 4.69) is 27.3 Å². The third-order valence-corrected chi connectivity index (χ3v) is 5.47. The summed E-state index contributed by atoms with van der Waals surface area (Å²) in [5, 5.41) is 12.2. The number of ether oxygens (including phenoxy) is 2. The normalized spacial score (nSPS) is 17.6. The molecule has 7 nitrogen and oxygen atoms in total. The van der Waals surface area contributed by atoms with Crippen LogP contribution in [0.25, 0.3) is 0 Å². The second-order valence-electron chi connectivity index (χ2n) is 7.76. The van der Waals surface area contributed by atoms with E-state index in [1.807, 2.05) is 26.0 Å². The Labute approximate surface area is 168 Å². The van der Waals surface area contributed by atoms with E-state index < -0.39 is 5.54 Å². The molecule has 0 radical (unpaired) electrons. The summed E-state index contributed by atoms with van der Waals surface area (Å²) in [4.78, 5) is 16.9. The molecule has 28 heavy (non-hydrogen) atoms. The molecule has 1 amide bonds. The summed E-state index contributed by atoms with van der Waals surface area (Å²) in [6.07, 6.45) is 0. The lowest BCUT2D eigenvalue weighted by Crippen LogP contribution is -2.54. The first-order valence-electron chi connectivity index (χ1n) is 9.69. The van der Waals surface area contributed by atoms with Gasteiger partial charge in [-0.15, -0.1) is 0 Å². The zero-order valence-electron chi connectivity index (χ0n) is 17.6. The average molecular weight is 389 g/mol. The van der Waals surface area contributed by atoms with Gasteiger partial charge in [0, 0.05) is 32.7 Å². The topological polar surface area (TPSA) is 77.8 Å². The fraction of sp³-hybridized carbons (Fsp3) is 0.619. The Hall–Kier alpha value is -2.30. The molecular formula is C21H32N4O3. The fourth-order valence-corrected chi connectivity index (χ4v) is 3.18. The van der Waals surface area contributed by atoms with Crippen LogP contribution in [0.1, 0.15) is 26.3 Å². The van der Waals surface area contributed by atoms with Crippen molar-refractivity contribution >= 4 is 5.91 Å². The van der Waals surface area contributed by atoms with E-state index in [9.17, 15) is 10.1 Å². The van der Waals surface area contributed by atoms with Crippen molar-refractivity contribution < 1.29 is 14.3 Å². The van der Waals surface area contributed by atoms with Crippen molar-refractivity contribution in [1.29, 1.82) is 5.26 Å². The number of amides is 1. The molecular weight excluding hydrogens is 356 g/mol. The predicted octanol–water partition coefficient (Wildman–Crippen LogP) is 1.88. The number of hydrogen-bond acceptors (Lipinski definition) is 6. The van der Waals surface area contributed by atoms with Gasteiger partial charge in [0.15, 0.2) is 11.5 Å². The van der Waals surface area contributed by atoms with E-state index in [-0.39, 0.29) is 11.8 Å². The SMILES string of the molecule is COc1ccc(CN2CCN(CC(=O)N[C@@](C)(C#N)C(C)C)CC2)cc1OC. The van der Waals surface area contributed by atoms with Gasteiger partial charge in [-0.05, 0) is 30.5 Å². The number of methoxy groups -OCH3 is 2. The number of carbonyl (C=O) groups is 1. The van der Waals surface area contributed by atoms with Gasteiger partial charge in [-0.1, -0.05) is 19.9 Å². The molecule has 0 aromatic heterocycles. The van der Waals surface area contributed by atoms with Gasteiger partial charge in [-0.25, -0.2) is 0 Å². The Balaban J connectivity index is 1.83. The second kappa shape index (κ2) is 9.76. The van der Waals surface area contributed by atoms with E-state index >= 15 is 0 Å². The molecule has 1 heterocycles. The van der Waals surface area contributed by atoms with Crippen LogP contribution in [0.4, 0.5) is 0 Å². The summed E-state index contributed by atoms with van der Waals surface area (Å²) in [7, 11) is 3.27. The van der Waals surface area contributed by atoms with Crippen molar-refractivity contribution in [2.24, 2.45) is 5.92 Å². The molecule has 1 aliphatic rings. The second-order valence-corrected chi connectivity index (χ2v) is 7.76. The molecule has 1 saturated heterocycles. The Bertz CT molecular complexity index is 708. The molecule has 2 rings (SSSR count). The molecule has 0 aliphatic carbocycles. The summed E-state index contributed by atoms with van der Waals surface area (Å²) < 4.78 is 10.7. The molecule has 0 saturated carbocycles. The van der Waals surface area contributed by atoms with Gasteiger partial charge < -0.3 is 14.8 Å². The predicted molar refractivity (Wildman–Crippen MR) is 108 cm³/mol. The van der Waals surface area contributed by atoms with Gasteiger partial charge in [0.25, 0.3) is 0 Å². The molecule has 1 atom stereocenters. The van der Waals surface area contributed by atoms with Crippen LogP contribution in [0.15, 0.2) is 18.2 Å². The lowest BCUT2D eigenvalue weighted by Gasteiger charge is -2.35. The van der Waals surface area contributed by atoms with E-state index in [1.54, 1.807) is 21.1 Å². The van der Waals surface area contributed by atoms with Crippen LogP contribution >= 0.6 is 0 Å². The maximum atomic E-state index is 12.4. The summed E-state index contributed by atoms with van der Waals surface area (Å²) in [6.45, 7) is 10.2. The number of piperazine rings is 1. The first-order chi connectivity index (χ1) is 13.3. The molecule has 0 bridgehead atoms. The molecule has 1 fully saturated rings. The van der Waals surface area contributed by atoms with Crippen LogP contribution in [0, 0.1) is 17.2 Å². The first-order valence-corrected chi connectivity index (χ1v) is 9.69. The quantitative estimate of drug-likeness (QED) is 0.733. The fourth-order valence-electron chi connectivity index (χ4n) is 3.18. The van der Waals surface area contributed by atoms with Gasteiger partial charge in [0.2, 0.25) is 5.91 Å². The highest BCUT2D eigenvalue weighted by Gasteiger charge is 2.30. The lowest BCUT2D eigenvalue weighted by molar-refractivity contribution is -0.124. The summed E-state index contributed by atoms with van der Waals surface area (Å²) >= 11 is 0. The Morgan fingerprint density at radius 2 is 1.79 bits per heavy atom. The van der Waals surface area contributed by atoms with Crippen molar-refractivity contribution in [2.45, 2.75) is 32.9 Å². The lowest BCUT2D eigenvalue weighted by atomic mass is 9.90. The number of benzene rings is 1. The van der Waals surface area contributed by atoms with Crippen molar-refractivity contribution in [3.05, 3.63) is 23.8 Å². The van der Waals surface area contributed by atoms with Crippen LogP contribution in [0.5, 0.6) is 11.5 Å². The Morgan fingerprint density at radius 1 is 1.18 bits per heavy atom. The summed E-state index contributed by atoms with van der Waals surface area (Å²) in [5.41, 5.74) is 0.345. The highest BCUT2D eigenvalue weighted by atomic mass is 16.5. The molecule has 1 aromatic carbocycles. The minimum atomic E-state index is -0.827. The van der Waals surface area contributed by atoms with Crippen molar-refractivity contribution in [1.82, 2.24) is 15.1 Å². The van der Waals surface area contributed by atoms with E-state index in [4.69, 9.17) is 9.47 Å². The minimum Gasteiger partial charge on any atom is -0.493 e. The Kier molecular flexibility index (Phi) is 7.67. The van der Waals surface area contributed by atoms with E-state index in [0.717, 1.165) is 44.2 Å². The number of nitriles is 1. The van der Waals surface area contributed by atoms with Gasteiger partial charge in [0.1, 0.15) is 5.54 Å². The van der Waals surface area contributed by atoms with Gasteiger partial charge in [-0.2, -0.15) is 5.26 Å². The molecule has 1 N–H and O–H groups in total. The van der Waals surface area contributed by atoms with Crippen LogP contribution in [-0.2, 0) is 11.3 Å².